The average molecular weight is 202 g/mol. The van der Waals surface area contributed by atoms with Gasteiger partial charge in [0.1, 0.15) is 0 Å². The number of aromatic amines is 1. The summed E-state index contributed by atoms with van der Waals surface area (Å²) in [4.78, 5) is 2.34. The highest BCUT2D eigenvalue weighted by Gasteiger charge is 2.15. The summed E-state index contributed by atoms with van der Waals surface area (Å²) >= 11 is 0. The zero-order chi connectivity index (χ0) is 10.3. The second kappa shape index (κ2) is 3.15. The smallest absolute Gasteiger partial charge is 0.0672 e. The molecule has 78 valence electrons. The minimum Gasteiger partial charge on any atom is -0.397 e. The van der Waals surface area contributed by atoms with E-state index in [1.165, 1.54) is 12.8 Å². The van der Waals surface area contributed by atoms with Gasteiger partial charge in [0.05, 0.1) is 23.1 Å². The lowest BCUT2D eigenvalue weighted by atomic mass is 10.2. The van der Waals surface area contributed by atoms with Crippen LogP contribution in [0.15, 0.2) is 18.3 Å². The summed E-state index contributed by atoms with van der Waals surface area (Å²) in [5.74, 6) is 0. The number of rotatable bonds is 1. The molecule has 3 rings (SSSR count). The van der Waals surface area contributed by atoms with E-state index in [1.54, 1.807) is 6.20 Å². The van der Waals surface area contributed by atoms with Crippen molar-refractivity contribution in [2.45, 2.75) is 12.8 Å². The molecule has 0 aliphatic carbocycles. The first kappa shape index (κ1) is 8.59. The van der Waals surface area contributed by atoms with E-state index < -0.39 is 0 Å². The van der Waals surface area contributed by atoms with E-state index in [2.05, 4.69) is 21.2 Å². The van der Waals surface area contributed by atoms with E-state index in [1.807, 2.05) is 6.07 Å². The van der Waals surface area contributed by atoms with Crippen LogP contribution in [0.25, 0.3) is 10.9 Å². The average Bonchev–Trinajstić information content (AvgIpc) is 2.85. The van der Waals surface area contributed by atoms with Crippen molar-refractivity contribution in [3.8, 4) is 0 Å². The molecule has 2 aromatic rings. The molecule has 1 aromatic carbocycles. The predicted octanol–water partition coefficient (Wildman–Crippen LogP) is 1.75. The molecule has 3 N–H and O–H groups in total. The molecule has 4 nitrogen and oxygen atoms in total. The fourth-order valence-electron chi connectivity index (χ4n) is 2.23. The molecule has 0 bridgehead atoms. The molecule has 0 atom stereocenters. The summed E-state index contributed by atoms with van der Waals surface area (Å²) < 4.78 is 0. The normalized spacial score (nSPS) is 16.4. The fraction of sp³-hybridized carbons (Fsp3) is 0.364. The molecule has 4 heteroatoms. The van der Waals surface area contributed by atoms with Crippen LogP contribution in [0.5, 0.6) is 0 Å². The lowest BCUT2D eigenvalue weighted by Crippen LogP contribution is -2.18. The first-order valence-corrected chi connectivity index (χ1v) is 5.32. The van der Waals surface area contributed by atoms with Crippen LogP contribution in [-0.4, -0.2) is 23.3 Å². The van der Waals surface area contributed by atoms with Crippen LogP contribution < -0.4 is 10.6 Å². The van der Waals surface area contributed by atoms with Crippen molar-refractivity contribution in [2.24, 2.45) is 0 Å². The number of anilines is 2. The Kier molecular flexibility index (Phi) is 1.80. The Labute approximate surface area is 88.1 Å². The van der Waals surface area contributed by atoms with E-state index in [-0.39, 0.29) is 0 Å². The summed E-state index contributed by atoms with van der Waals surface area (Å²) in [5.41, 5.74) is 9.10. The first-order chi connectivity index (χ1) is 7.34. The van der Waals surface area contributed by atoms with Gasteiger partial charge in [0.25, 0.3) is 0 Å². The molecule has 2 heterocycles. The van der Waals surface area contributed by atoms with Gasteiger partial charge in [-0.2, -0.15) is 5.10 Å². The summed E-state index contributed by atoms with van der Waals surface area (Å²) in [7, 11) is 0. The lowest BCUT2D eigenvalue weighted by Gasteiger charge is -2.19. The number of nitrogens with two attached hydrogens (primary N) is 1. The van der Waals surface area contributed by atoms with Gasteiger partial charge in [0.2, 0.25) is 0 Å². The zero-order valence-electron chi connectivity index (χ0n) is 8.53. The Morgan fingerprint density at radius 2 is 2.07 bits per heavy atom. The highest BCUT2D eigenvalue weighted by Crippen LogP contribution is 2.30. The van der Waals surface area contributed by atoms with Gasteiger partial charge in [-0.25, -0.2) is 0 Å². The van der Waals surface area contributed by atoms with Gasteiger partial charge in [0.15, 0.2) is 0 Å². The summed E-state index contributed by atoms with van der Waals surface area (Å²) in [6, 6.07) is 4.09. The maximum Gasteiger partial charge on any atom is 0.0672 e. The van der Waals surface area contributed by atoms with E-state index in [4.69, 9.17) is 5.73 Å². The zero-order valence-corrected chi connectivity index (χ0v) is 8.53. The molecular formula is C11H14N4. The van der Waals surface area contributed by atoms with Gasteiger partial charge in [-0.3, -0.25) is 5.10 Å². The van der Waals surface area contributed by atoms with Gasteiger partial charge in [-0.05, 0) is 25.0 Å². The number of H-pyrrole nitrogens is 1. The number of aromatic nitrogens is 2. The fourth-order valence-corrected chi connectivity index (χ4v) is 2.23. The third kappa shape index (κ3) is 1.33. The van der Waals surface area contributed by atoms with Crippen molar-refractivity contribution >= 4 is 22.3 Å². The molecular weight excluding hydrogens is 188 g/mol. The molecule has 0 radical (unpaired) electrons. The van der Waals surface area contributed by atoms with Crippen molar-refractivity contribution in [3.63, 3.8) is 0 Å². The number of benzene rings is 1. The Hall–Kier alpha value is -1.71. The second-order valence-electron chi connectivity index (χ2n) is 4.06. The van der Waals surface area contributed by atoms with Gasteiger partial charge in [-0.15, -0.1) is 0 Å². The summed E-state index contributed by atoms with van der Waals surface area (Å²) in [5, 5.41) is 8.07. The molecule has 1 aliphatic heterocycles. The molecule has 1 fully saturated rings. The topological polar surface area (TPSA) is 57.9 Å². The van der Waals surface area contributed by atoms with Crippen molar-refractivity contribution in [1.82, 2.24) is 10.2 Å². The number of hydrogen-bond acceptors (Lipinski definition) is 3. The number of nitrogens with zero attached hydrogens (tertiary/aromatic N) is 2. The predicted molar refractivity (Wildman–Crippen MR) is 62.0 cm³/mol. The SMILES string of the molecule is Nc1cc2cn[nH]c2cc1N1CCCC1. The minimum absolute atomic E-state index is 0.853. The van der Waals surface area contributed by atoms with Crippen LogP contribution in [0.1, 0.15) is 12.8 Å². The molecule has 0 amide bonds. The van der Waals surface area contributed by atoms with Crippen LogP contribution in [0, 0.1) is 0 Å². The highest BCUT2D eigenvalue weighted by atomic mass is 15.2. The summed E-state index contributed by atoms with van der Waals surface area (Å²) in [6.45, 7) is 2.23. The molecule has 15 heavy (non-hydrogen) atoms. The third-order valence-corrected chi connectivity index (χ3v) is 3.03. The third-order valence-electron chi connectivity index (χ3n) is 3.03. The molecule has 0 spiro atoms. The Morgan fingerprint density at radius 1 is 1.27 bits per heavy atom. The number of fused-ring (bicyclic) bond motifs is 1. The van der Waals surface area contributed by atoms with Gasteiger partial charge < -0.3 is 10.6 Å². The standard InChI is InChI=1S/C11H14N4/c12-9-5-8-7-13-14-10(8)6-11(9)15-3-1-2-4-15/h5-7H,1-4,12H2,(H,13,14). The van der Waals surface area contributed by atoms with Crippen LogP contribution in [0.2, 0.25) is 0 Å². The van der Waals surface area contributed by atoms with Gasteiger partial charge >= 0.3 is 0 Å². The second-order valence-corrected chi connectivity index (χ2v) is 4.06. The quantitative estimate of drug-likeness (QED) is 0.692. The Balaban J connectivity index is 2.11. The van der Waals surface area contributed by atoms with E-state index in [0.29, 0.717) is 0 Å². The first-order valence-electron chi connectivity index (χ1n) is 5.32. The van der Waals surface area contributed by atoms with Crippen LogP contribution in [0.3, 0.4) is 0 Å². The molecule has 1 saturated heterocycles. The Bertz CT molecular complexity index is 482. The lowest BCUT2D eigenvalue weighted by molar-refractivity contribution is 0.949. The number of hydrogen-bond donors (Lipinski definition) is 2. The van der Waals surface area contributed by atoms with Crippen LogP contribution in [-0.2, 0) is 0 Å². The van der Waals surface area contributed by atoms with Gasteiger partial charge in [0, 0.05) is 18.5 Å². The van der Waals surface area contributed by atoms with Crippen LogP contribution >= 0.6 is 0 Å². The molecule has 1 aliphatic rings. The number of nitrogens with one attached hydrogen (secondary N) is 1. The minimum atomic E-state index is 0.853. The van der Waals surface area contributed by atoms with Crippen molar-refractivity contribution in [1.29, 1.82) is 0 Å². The van der Waals surface area contributed by atoms with Crippen LogP contribution in [0.4, 0.5) is 11.4 Å². The van der Waals surface area contributed by atoms with Crippen molar-refractivity contribution in [2.75, 3.05) is 23.7 Å². The molecule has 1 aromatic heterocycles. The molecule has 0 unspecified atom stereocenters. The largest absolute Gasteiger partial charge is 0.397 e. The Morgan fingerprint density at radius 3 is 2.87 bits per heavy atom. The van der Waals surface area contributed by atoms with E-state index in [9.17, 15) is 0 Å². The van der Waals surface area contributed by atoms with E-state index in [0.717, 1.165) is 35.4 Å². The molecule has 0 saturated carbocycles. The monoisotopic (exact) mass is 202 g/mol. The van der Waals surface area contributed by atoms with Crippen molar-refractivity contribution < 1.29 is 0 Å². The maximum atomic E-state index is 6.04. The summed E-state index contributed by atoms with van der Waals surface area (Å²) in [6.07, 6.45) is 4.33. The highest BCUT2D eigenvalue weighted by molar-refractivity contribution is 5.88. The van der Waals surface area contributed by atoms with Gasteiger partial charge in [-0.1, -0.05) is 0 Å². The van der Waals surface area contributed by atoms with E-state index >= 15 is 0 Å². The van der Waals surface area contributed by atoms with Crippen molar-refractivity contribution in [3.05, 3.63) is 18.3 Å². The number of nitrogen functional groups attached to an aromatic ring is 1. The maximum absolute atomic E-state index is 6.04.